The van der Waals surface area contributed by atoms with Crippen LogP contribution in [-0.4, -0.2) is 69.4 Å². The van der Waals surface area contributed by atoms with E-state index in [4.69, 9.17) is 37.5 Å². The van der Waals surface area contributed by atoms with Crippen LogP contribution in [0.1, 0.15) is 31.0 Å². The van der Waals surface area contributed by atoms with Crippen LogP contribution in [0.25, 0.3) is 11.0 Å². The van der Waals surface area contributed by atoms with Crippen molar-refractivity contribution in [3.63, 3.8) is 0 Å². The largest absolute Gasteiger partial charge is 0.390 e. The first kappa shape index (κ1) is 28.4. The van der Waals surface area contributed by atoms with E-state index < -0.39 is 51.9 Å². The first-order valence-corrected chi connectivity index (χ1v) is 15.4. The van der Waals surface area contributed by atoms with Crippen molar-refractivity contribution in [1.82, 2.24) is 19.7 Å². The van der Waals surface area contributed by atoms with Crippen molar-refractivity contribution in [2.75, 3.05) is 17.8 Å². The van der Waals surface area contributed by atoms with E-state index in [1.807, 2.05) is 25.1 Å². The van der Waals surface area contributed by atoms with Gasteiger partial charge in [-0.05, 0) is 36.6 Å². The number of benzene rings is 1. The number of hydrogen-bond donors (Lipinski definition) is 6. The minimum Gasteiger partial charge on any atom is -0.390 e. The average Bonchev–Trinajstić information content (AvgIpc) is 3.32. The number of rotatable bonds is 9. The van der Waals surface area contributed by atoms with Gasteiger partial charge in [0.2, 0.25) is 5.28 Å². The predicted molar refractivity (Wildman–Crippen MR) is 136 cm³/mol. The van der Waals surface area contributed by atoms with Gasteiger partial charge in [0.1, 0.15) is 11.9 Å². The molecule has 0 amide bonds. The normalized spacial score (nSPS) is 24.8. The van der Waals surface area contributed by atoms with Crippen molar-refractivity contribution >= 4 is 55.2 Å². The van der Waals surface area contributed by atoms with Crippen molar-refractivity contribution < 1.29 is 38.5 Å². The molecule has 202 valence electrons. The van der Waals surface area contributed by atoms with Crippen LogP contribution in [0.4, 0.5) is 5.82 Å². The molecule has 6 N–H and O–H groups in total. The summed E-state index contributed by atoms with van der Waals surface area (Å²) in [5.41, 5.74) is 1.11. The Morgan fingerprint density at radius 1 is 1.16 bits per heavy atom. The van der Waals surface area contributed by atoms with Crippen LogP contribution in [0, 0.1) is 5.92 Å². The van der Waals surface area contributed by atoms with E-state index in [1.165, 1.54) is 10.9 Å². The van der Waals surface area contributed by atoms with Gasteiger partial charge in [0, 0.05) is 10.9 Å². The first-order chi connectivity index (χ1) is 17.3. The zero-order valence-electron chi connectivity index (χ0n) is 19.3. The monoisotopic (exact) mass is 595 g/mol. The maximum absolute atomic E-state index is 12.0. The molecule has 1 aromatic carbocycles. The molecule has 2 heterocycles. The third kappa shape index (κ3) is 6.51. The molecule has 1 saturated carbocycles. The quantitative estimate of drug-likeness (QED) is 0.156. The molecule has 1 aliphatic carbocycles. The number of aliphatic hydroxyl groups is 2. The molecule has 0 aliphatic heterocycles. The Hall–Kier alpha value is -1.63. The van der Waals surface area contributed by atoms with Crippen molar-refractivity contribution in [3.05, 3.63) is 46.3 Å². The highest BCUT2D eigenvalue weighted by Gasteiger charge is 2.45. The molecule has 13 nitrogen and oxygen atoms in total. The van der Waals surface area contributed by atoms with Crippen LogP contribution < -0.4 is 5.32 Å². The molecule has 0 radical (unpaired) electrons. The molecule has 3 aromatic rings. The van der Waals surface area contributed by atoms with E-state index in [9.17, 15) is 24.2 Å². The highest BCUT2D eigenvalue weighted by atomic mass is 35.5. The topological polar surface area (TPSA) is 200 Å². The maximum atomic E-state index is 12.0. The number of anilines is 1. The van der Waals surface area contributed by atoms with Crippen LogP contribution in [0.5, 0.6) is 0 Å². The predicted octanol–water partition coefficient (Wildman–Crippen LogP) is 2.93. The SMILES string of the molecule is C[C@@H](Nc1nc(Cl)nc2c1cnn2[C@@H]1C[C@H](COP(=O)(O)CP(=O)(O)O)[C@@H](O)[C@H]1O)c1ccccc1Cl. The third-order valence-electron chi connectivity index (χ3n) is 6.09. The van der Waals surface area contributed by atoms with Crippen LogP contribution >= 0.6 is 38.4 Å². The lowest BCUT2D eigenvalue weighted by molar-refractivity contribution is -0.00342. The zero-order valence-corrected chi connectivity index (χ0v) is 22.6. The number of halogens is 2. The Morgan fingerprint density at radius 3 is 2.54 bits per heavy atom. The summed E-state index contributed by atoms with van der Waals surface area (Å²) < 4.78 is 29.3. The van der Waals surface area contributed by atoms with Gasteiger partial charge in [0.25, 0.3) is 0 Å². The van der Waals surface area contributed by atoms with E-state index in [0.29, 0.717) is 16.2 Å². The van der Waals surface area contributed by atoms with Crippen molar-refractivity contribution in [2.24, 2.45) is 5.92 Å². The van der Waals surface area contributed by atoms with E-state index >= 15 is 0 Å². The van der Waals surface area contributed by atoms with E-state index in [1.54, 1.807) is 6.07 Å². The van der Waals surface area contributed by atoms with Gasteiger partial charge in [0.15, 0.2) is 11.6 Å². The van der Waals surface area contributed by atoms with E-state index in [0.717, 1.165) is 5.56 Å². The molecular formula is C20H25Cl2N5O8P2. The Labute approximate surface area is 221 Å². The molecule has 4 rings (SSSR count). The fourth-order valence-corrected chi connectivity index (χ4v) is 7.43. The molecule has 0 spiro atoms. The van der Waals surface area contributed by atoms with Gasteiger partial charge in [-0.15, -0.1) is 0 Å². The fraction of sp³-hybridized carbons (Fsp3) is 0.450. The second-order valence-electron chi connectivity index (χ2n) is 8.84. The summed E-state index contributed by atoms with van der Waals surface area (Å²) in [4.78, 5) is 36.1. The molecule has 0 bridgehead atoms. The lowest BCUT2D eigenvalue weighted by Crippen LogP contribution is -2.31. The smallest absolute Gasteiger partial charge is 0.340 e. The average molecular weight is 596 g/mol. The second-order valence-corrected chi connectivity index (χ2v) is 13.6. The minimum atomic E-state index is -4.80. The highest BCUT2D eigenvalue weighted by Crippen LogP contribution is 2.56. The number of aliphatic hydroxyl groups excluding tert-OH is 2. The Kier molecular flexibility index (Phi) is 8.33. The van der Waals surface area contributed by atoms with Crippen molar-refractivity contribution in [3.8, 4) is 0 Å². The summed E-state index contributed by atoms with van der Waals surface area (Å²) in [5, 5.41) is 29.8. The third-order valence-corrected chi connectivity index (χ3v) is 10.1. The lowest BCUT2D eigenvalue weighted by Gasteiger charge is -2.19. The summed E-state index contributed by atoms with van der Waals surface area (Å²) in [6.45, 7) is 1.38. The molecule has 1 unspecified atom stereocenters. The standard InChI is InChI=1S/C20H25Cl2N5O8P2/c1-10(12-4-2-3-5-14(12)21)24-18-13-7-23-27(19(13)26-20(22)25-18)15-6-11(16(28)17(15)29)8-35-37(33,34)9-36(30,31)32/h2-5,7,10-11,15-17,28-29H,6,8-9H2,1H3,(H,33,34)(H,24,25,26)(H2,30,31,32)/t10-,11-,15-,16-,17+/m1/s1. The van der Waals surface area contributed by atoms with Crippen LogP contribution in [-0.2, 0) is 13.7 Å². The Bertz CT molecular complexity index is 1390. The first-order valence-electron chi connectivity index (χ1n) is 11.0. The van der Waals surface area contributed by atoms with Gasteiger partial charge in [-0.3, -0.25) is 9.13 Å². The molecule has 37 heavy (non-hydrogen) atoms. The summed E-state index contributed by atoms with van der Waals surface area (Å²) in [6, 6.07) is 6.25. The number of nitrogens with zero attached hydrogens (tertiary/aromatic N) is 4. The molecule has 0 saturated heterocycles. The highest BCUT2D eigenvalue weighted by molar-refractivity contribution is 7.70. The van der Waals surface area contributed by atoms with Crippen LogP contribution in [0.3, 0.4) is 0 Å². The van der Waals surface area contributed by atoms with Crippen LogP contribution in [0.15, 0.2) is 30.5 Å². The van der Waals surface area contributed by atoms with Gasteiger partial charge >= 0.3 is 15.2 Å². The summed E-state index contributed by atoms with van der Waals surface area (Å²) in [7, 11) is -9.42. The van der Waals surface area contributed by atoms with Gasteiger partial charge in [-0.25, -0.2) is 4.68 Å². The van der Waals surface area contributed by atoms with Gasteiger partial charge < -0.3 is 34.7 Å². The molecule has 2 aromatic heterocycles. The second kappa shape index (κ2) is 10.9. The minimum absolute atomic E-state index is 0.0649. The molecule has 1 fully saturated rings. The van der Waals surface area contributed by atoms with Gasteiger partial charge in [-0.1, -0.05) is 29.8 Å². The molecule has 1 aliphatic rings. The summed E-state index contributed by atoms with van der Waals surface area (Å²) in [6.07, 6.45) is -1.16. The molecule has 17 heteroatoms. The maximum Gasteiger partial charge on any atom is 0.340 e. The van der Waals surface area contributed by atoms with Crippen molar-refractivity contribution in [2.45, 2.75) is 37.6 Å². The zero-order chi connectivity index (χ0) is 27.1. The lowest BCUT2D eigenvalue weighted by atomic mass is 10.1. The molecular weight excluding hydrogens is 571 g/mol. The number of fused-ring (bicyclic) bond motifs is 1. The number of hydrogen-bond acceptors (Lipinski definition) is 9. The van der Waals surface area contributed by atoms with Crippen molar-refractivity contribution in [1.29, 1.82) is 0 Å². The summed E-state index contributed by atoms with van der Waals surface area (Å²) in [5.74, 6) is -1.80. The van der Waals surface area contributed by atoms with E-state index in [2.05, 4.69) is 20.4 Å². The van der Waals surface area contributed by atoms with Gasteiger partial charge in [0.05, 0.1) is 36.4 Å². The fourth-order valence-electron chi connectivity index (χ4n) is 4.35. The van der Waals surface area contributed by atoms with E-state index in [-0.39, 0.29) is 23.4 Å². The Morgan fingerprint density at radius 2 is 1.86 bits per heavy atom. The molecule has 6 atom stereocenters. The van der Waals surface area contributed by atoms with Gasteiger partial charge in [-0.2, -0.15) is 15.1 Å². The van der Waals surface area contributed by atoms with Crippen LogP contribution in [0.2, 0.25) is 10.3 Å². The number of nitrogens with one attached hydrogen (secondary N) is 1. The Balaban J connectivity index is 1.56. The number of aromatic nitrogens is 4. The summed E-state index contributed by atoms with van der Waals surface area (Å²) >= 11 is 12.5.